The zero-order valence-electron chi connectivity index (χ0n) is 13.4. The van der Waals surface area contributed by atoms with Crippen LogP contribution in [0, 0.1) is 0 Å². The maximum absolute atomic E-state index is 8.96. The first-order valence-corrected chi connectivity index (χ1v) is 10.3. The molecule has 0 saturated heterocycles. The Kier molecular flexibility index (Phi) is 308000. The van der Waals surface area contributed by atoms with Crippen molar-refractivity contribution in [1.82, 2.24) is 0 Å². The highest BCUT2D eigenvalue weighted by Gasteiger charge is 1.14. The van der Waals surface area contributed by atoms with E-state index in [-0.39, 0.29) is 503 Å². The summed E-state index contributed by atoms with van der Waals surface area (Å²) in [4.78, 5) is 61.7. The molecule has 0 heterocycles. The van der Waals surface area contributed by atoms with Crippen molar-refractivity contribution in [2.75, 3.05) is 26.7 Å². The third kappa shape index (κ3) is 72300. The summed E-state index contributed by atoms with van der Waals surface area (Å²) in [5, 5.41) is 0. The largest absolute Gasteiger partial charge is 0.834 e. The van der Waals surface area contributed by atoms with Gasteiger partial charge in [0.05, 0.1) is 0 Å². The first kappa shape index (κ1) is 2050. The zero-order valence-corrected chi connectivity index (χ0v) is 17.4. The van der Waals surface area contributed by atoms with Gasteiger partial charge in [-0.15, -0.1) is 0 Å². The van der Waals surface area contributed by atoms with Crippen molar-refractivity contribution in [3.63, 3.8) is 0 Å². The van der Waals surface area contributed by atoms with E-state index in [4.69, 9.17) is 38.1 Å². The van der Waals surface area contributed by atoms with Gasteiger partial charge in [-0.2, -0.15) is 0 Å². The quantitative estimate of drug-likeness (QED) is 0.218. The van der Waals surface area contributed by atoms with Crippen LogP contribution in [0.1, 0.15) is 468 Å². The Morgan fingerprint density at radius 1 is 0.148 bits per heavy atom. The van der Waals surface area contributed by atoms with Crippen molar-refractivity contribution in [3.8, 4) is 0 Å². The highest BCUT2D eigenvalue weighted by molar-refractivity contribution is 7.28. The molecule has 0 N–H and O–H groups in total. The van der Waals surface area contributed by atoms with Crippen LogP contribution in [0.2, 0.25) is 0 Å². The molecule has 0 aliphatic carbocycles. The molecular formula is C67H274O7P7-7. The smallest absolute Gasteiger partial charge is 0.0366 e. The van der Waals surface area contributed by atoms with Crippen LogP contribution < -0.4 is 34.3 Å². The lowest BCUT2D eigenvalue weighted by molar-refractivity contribution is -0.149. The van der Waals surface area contributed by atoms with Gasteiger partial charge in [0.1, 0.15) is 0 Å². The minimum Gasteiger partial charge on any atom is -0.834 e. The Labute approximate surface area is 593 Å². The SMILES string of the molecule is C.C.C.C.C.C.C.C.C.C.C.C.C.C.C.C.C.C.C.C.C.C.C.C.C.C.C.C.C.C.C.C.C.C.C.C.C.C.C.C.C.C.C.C.C.C.C.C.C.C.C.C.C.C.C.C.C.C.C.C.C.C.C.CP[O-].CP[O-].CP[O-].CP[O-].[2H]P[O-].[2H]P[O-].[2H]P[O-]. The molecule has 0 aromatic carbocycles. The van der Waals surface area contributed by atoms with Gasteiger partial charge in [0.25, 0.3) is 0 Å². The zero-order chi connectivity index (χ0) is 18.9. The molecule has 0 fully saturated rings. The Balaban J connectivity index is -0.000000000356. The second kappa shape index (κ2) is 12200. The molecule has 14 heteroatoms. The van der Waals surface area contributed by atoms with E-state index in [1.165, 1.54) is 0 Å². The van der Waals surface area contributed by atoms with Crippen LogP contribution >= 0.6 is 63.5 Å². The van der Waals surface area contributed by atoms with Gasteiger partial charge in [-0.25, -0.2) is 63.5 Å². The van der Waals surface area contributed by atoms with Crippen LogP contribution in [0.5, 0.6) is 0 Å². The average molecular weight is 1410 g/mol. The Morgan fingerprint density at radius 2 is 0.148 bits per heavy atom. The molecule has 0 aromatic rings. The van der Waals surface area contributed by atoms with Crippen LogP contribution in [-0.4, -0.2) is 30.5 Å². The molecule has 0 amide bonds. The summed E-state index contributed by atoms with van der Waals surface area (Å²) in [7, 11) is -3.42. The van der Waals surface area contributed by atoms with Crippen molar-refractivity contribution in [1.29, 1.82) is 3.84 Å². The van der Waals surface area contributed by atoms with E-state index < -0.39 is 28.2 Å². The Morgan fingerprint density at radius 3 is 0.148 bits per heavy atom. The molecule has 7 unspecified atom stereocenters. The molecule has 0 aromatic heterocycles. The van der Waals surface area contributed by atoms with Gasteiger partial charge < -0.3 is 34.3 Å². The standard InChI is InChI=1S/4CH4OP.63CH4.3H2OP/c4*1-3-2;;;;;;;;;;;;;;;;;;;;;;;;;;;;;;;;;;;;;;;;;;;;;;;;;;;;;;;;;;;;;;;;3*1-2/h4*3H,1H3;63*1H4;3*2H2/q4*-1;;;;;;;;;;;;;;;;;;;;;;;;;;;;;;;;;;;;;;;;;;;;;;;;;;;;;;;;;;;;;;;;3*-1/i;;;;;;;;;;;;;;;;;;;;;;;;;;;;;;;;;;;;;;;;;;;;;;;;;;;;;;;;;;;;;;;;;;;3*2D. The first-order valence-electron chi connectivity index (χ1n) is 4.93. The van der Waals surface area contributed by atoms with Gasteiger partial charge in [0.2, 0.25) is 0 Å². The van der Waals surface area contributed by atoms with Gasteiger partial charge in [-0.1, -0.05) is 495 Å². The van der Waals surface area contributed by atoms with Crippen molar-refractivity contribution in [3.05, 3.63) is 0 Å². The van der Waals surface area contributed by atoms with E-state index >= 15 is 0 Å². The fraction of sp³-hybridized carbons (Fsp3) is 1.00. The number of rotatable bonds is 0. The van der Waals surface area contributed by atoms with E-state index in [2.05, 4.69) is 0 Å². The van der Waals surface area contributed by atoms with Gasteiger partial charge in [0.15, 0.2) is 0 Å². The fourth-order valence-electron chi connectivity index (χ4n) is 0. The lowest BCUT2D eigenvalue weighted by atomic mass is 12.0. The maximum atomic E-state index is 8.96. The molecule has 7 atom stereocenters. The molecule has 7 nitrogen and oxygen atoms in total. The molecule has 626 valence electrons. The summed E-state index contributed by atoms with van der Waals surface area (Å²) in [6.07, 6.45) is 0. The third-order valence-electron chi connectivity index (χ3n) is 0. The van der Waals surface area contributed by atoms with Crippen LogP contribution in [-0.2, 0) is 0 Å². The highest BCUT2D eigenvalue weighted by atomic mass is 31.1. The van der Waals surface area contributed by atoms with E-state index in [0.717, 1.165) is 0 Å². The van der Waals surface area contributed by atoms with Gasteiger partial charge in [-0.05, 0) is 0 Å². The second-order valence-electron chi connectivity index (χ2n) is 0.816. The van der Waals surface area contributed by atoms with Crippen LogP contribution in [0.4, 0.5) is 0 Å². The summed E-state index contributed by atoms with van der Waals surface area (Å²) in [6, 6.07) is 0. The molecule has 0 saturated carbocycles. The van der Waals surface area contributed by atoms with Crippen LogP contribution in [0.25, 0.3) is 0 Å². The fourth-order valence-corrected chi connectivity index (χ4v) is 0. The molecule has 0 bridgehead atoms. The Hall–Kier alpha value is 2.73. The molecule has 0 spiro atoms. The van der Waals surface area contributed by atoms with E-state index in [9.17, 15) is 0 Å². The molecule has 81 heavy (non-hydrogen) atoms. The predicted molar refractivity (Wildman–Crippen MR) is 510 cm³/mol. The molecule has 0 aliphatic heterocycles. The summed E-state index contributed by atoms with van der Waals surface area (Å²) in [5.41, 5.74) is 0. The summed E-state index contributed by atoms with van der Waals surface area (Å²) in [5.74, 6) is 0. The monoisotopic (exact) mass is 1410 g/mol. The predicted octanol–water partition coefficient (Wildman–Crippen LogP) is 35.8. The second-order valence-corrected chi connectivity index (χ2v) is 2.45. The first-order chi connectivity index (χ1) is 9.90. The van der Waals surface area contributed by atoms with Crippen molar-refractivity contribution in [2.24, 2.45) is 0 Å². The Bertz CT molecular complexity index is 106. The summed E-state index contributed by atoms with van der Waals surface area (Å²) >= 11 is 0. The minimum absolute atomic E-state index is 0. The molecule has 0 aliphatic rings. The maximum Gasteiger partial charge on any atom is 0.0366 e. The van der Waals surface area contributed by atoms with Crippen molar-refractivity contribution < 1.29 is 34.3 Å². The van der Waals surface area contributed by atoms with E-state index in [1.54, 1.807) is 26.7 Å². The van der Waals surface area contributed by atoms with Crippen molar-refractivity contribution in [2.45, 2.75) is 468 Å². The summed E-state index contributed by atoms with van der Waals surface area (Å²) in [6.45, 7) is 6.39. The van der Waals surface area contributed by atoms with E-state index in [0.29, 0.717) is 0 Å². The number of hydrogen-bond donors (Lipinski definition) is 0. The topological polar surface area (TPSA) is 161 Å². The molecule has 0 radical (unpaired) electrons. The van der Waals surface area contributed by atoms with Crippen LogP contribution in [0.3, 0.4) is 0 Å². The van der Waals surface area contributed by atoms with Gasteiger partial charge in [-0.3, -0.25) is 0 Å². The minimum atomic E-state index is -0.917. The lowest BCUT2D eigenvalue weighted by Gasteiger charge is -1.81. The number of hydrogen-bond acceptors (Lipinski definition) is 7. The molecule has 0 rings (SSSR count). The van der Waals surface area contributed by atoms with Gasteiger partial charge >= 0.3 is 0 Å². The normalized spacial score (nSPS) is 2.63. The average Bonchev–Trinajstić information content (AvgIpc) is 2.35. The van der Waals surface area contributed by atoms with Crippen LogP contribution in [0.15, 0.2) is 0 Å². The highest BCUT2D eigenvalue weighted by Crippen LogP contribution is 1.73. The van der Waals surface area contributed by atoms with Crippen molar-refractivity contribution >= 4 is 63.5 Å². The molecular weight excluding hydrogens is 1130 g/mol. The summed E-state index contributed by atoms with van der Waals surface area (Å²) < 4.78 is 17.0. The van der Waals surface area contributed by atoms with E-state index in [1.807, 2.05) is 0 Å². The van der Waals surface area contributed by atoms with Gasteiger partial charge in [0, 0.05) is 3.84 Å². The third-order valence-corrected chi connectivity index (χ3v) is 0. The lowest BCUT2D eigenvalue weighted by Crippen LogP contribution is -1.71.